The van der Waals surface area contributed by atoms with Gasteiger partial charge in [-0.05, 0) is 37.5 Å². The van der Waals surface area contributed by atoms with Gasteiger partial charge in [-0.15, -0.1) is 5.10 Å². The normalized spacial score (nSPS) is 10.7. The predicted octanol–water partition coefficient (Wildman–Crippen LogP) is 1.55. The zero-order valence-corrected chi connectivity index (χ0v) is 12.6. The van der Waals surface area contributed by atoms with Gasteiger partial charge in [0, 0.05) is 13.2 Å². The lowest BCUT2D eigenvalue weighted by Crippen LogP contribution is -2.12. The number of rotatable bonds is 7. The Labute approximate surface area is 128 Å². The van der Waals surface area contributed by atoms with E-state index in [2.05, 4.69) is 10.3 Å². The highest BCUT2D eigenvalue weighted by atomic mass is 16.5. The van der Waals surface area contributed by atoms with Crippen LogP contribution in [0.25, 0.3) is 0 Å². The number of aryl methyl sites for hydroxylation is 2. The maximum absolute atomic E-state index is 11.2. The van der Waals surface area contributed by atoms with Crippen LogP contribution in [0, 0.1) is 13.8 Å². The minimum absolute atomic E-state index is 0.000446. The molecule has 0 aliphatic rings. The van der Waals surface area contributed by atoms with Crippen molar-refractivity contribution >= 4 is 5.97 Å². The number of carboxylic acid groups (broad SMARTS) is 1. The molecule has 1 aromatic heterocycles. The summed E-state index contributed by atoms with van der Waals surface area (Å²) in [6.07, 6.45) is 0.471. The number of nitrogens with zero attached hydrogens (tertiary/aromatic N) is 3. The van der Waals surface area contributed by atoms with Gasteiger partial charge in [0.2, 0.25) is 0 Å². The molecular weight excluding hydrogens is 286 g/mol. The highest BCUT2D eigenvalue weighted by Gasteiger charge is 2.19. The van der Waals surface area contributed by atoms with Crippen LogP contribution < -0.4 is 4.74 Å². The van der Waals surface area contributed by atoms with Crippen molar-refractivity contribution in [3.63, 3.8) is 0 Å². The lowest BCUT2D eigenvalue weighted by atomic mass is 10.1. The summed E-state index contributed by atoms with van der Waals surface area (Å²) in [6, 6.07) is 5.71. The van der Waals surface area contributed by atoms with Crippen molar-refractivity contribution in [1.29, 1.82) is 0 Å². The standard InChI is InChI=1S/C15H19N3O4/c1-10-5-3-6-13(11(10)2)22-9-12-14(15(20)21)16-17-18(12)7-4-8-19/h3,5-6,19H,4,7-9H2,1-2H3,(H,20,21). The number of carboxylic acids is 1. The molecule has 0 saturated carbocycles. The molecule has 0 unspecified atom stereocenters. The van der Waals surface area contributed by atoms with Gasteiger partial charge in [0.15, 0.2) is 5.69 Å². The van der Waals surface area contributed by atoms with Crippen molar-refractivity contribution in [2.45, 2.75) is 33.4 Å². The third-order valence-corrected chi connectivity index (χ3v) is 3.49. The second-order valence-electron chi connectivity index (χ2n) is 4.98. The van der Waals surface area contributed by atoms with Gasteiger partial charge >= 0.3 is 5.97 Å². The maximum Gasteiger partial charge on any atom is 0.358 e. The predicted molar refractivity (Wildman–Crippen MR) is 78.9 cm³/mol. The van der Waals surface area contributed by atoms with Gasteiger partial charge in [-0.3, -0.25) is 0 Å². The first-order valence-electron chi connectivity index (χ1n) is 7.00. The quantitative estimate of drug-likeness (QED) is 0.805. The molecule has 0 aliphatic carbocycles. The SMILES string of the molecule is Cc1cccc(OCc2c(C(=O)O)nnn2CCCO)c1C. The van der Waals surface area contributed by atoms with Crippen LogP contribution in [-0.4, -0.2) is 37.8 Å². The van der Waals surface area contributed by atoms with Gasteiger partial charge < -0.3 is 14.9 Å². The highest BCUT2D eigenvalue weighted by Crippen LogP contribution is 2.22. The van der Waals surface area contributed by atoms with Gasteiger partial charge in [-0.25, -0.2) is 9.48 Å². The van der Waals surface area contributed by atoms with E-state index in [0.717, 1.165) is 11.1 Å². The van der Waals surface area contributed by atoms with E-state index >= 15 is 0 Å². The summed E-state index contributed by atoms with van der Waals surface area (Å²) < 4.78 is 7.21. The van der Waals surface area contributed by atoms with Crippen LogP contribution in [0.4, 0.5) is 0 Å². The smallest absolute Gasteiger partial charge is 0.358 e. The molecule has 2 N–H and O–H groups in total. The fourth-order valence-electron chi connectivity index (χ4n) is 2.07. The molecule has 22 heavy (non-hydrogen) atoms. The summed E-state index contributed by atoms with van der Waals surface area (Å²) >= 11 is 0. The summed E-state index contributed by atoms with van der Waals surface area (Å²) in [7, 11) is 0. The zero-order chi connectivity index (χ0) is 16.1. The molecule has 0 spiro atoms. The van der Waals surface area contributed by atoms with Crippen molar-refractivity contribution in [3.05, 3.63) is 40.7 Å². The summed E-state index contributed by atoms with van der Waals surface area (Å²) in [6.45, 7) is 4.38. The summed E-state index contributed by atoms with van der Waals surface area (Å²) in [5, 5.41) is 25.6. The molecule has 0 bridgehead atoms. The number of aliphatic hydroxyl groups is 1. The number of hydrogen-bond acceptors (Lipinski definition) is 5. The molecule has 2 aromatic rings. The fourth-order valence-corrected chi connectivity index (χ4v) is 2.07. The van der Waals surface area contributed by atoms with E-state index in [4.69, 9.17) is 9.84 Å². The van der Waals surface area contributed by atoms with E-state index in [9.17, 15) is 9.90 Å². The van der Waals surface area contributed by atoms with Crippen molar-refractivity contribution in [2.75, 3.05) is 6.61 Å². The van der Waals surface area contributed by atoms with E-state index < -0.39 is 5.97 Å². The lowest BCUT2D eigenvalue weighted by Gasteiger charge is -2.12. The van der Waals surface area contributed by atoms with Crippen LogP contribution >= 0.6 is 0 Å². The Hall–Kier alpha value is -2.41. The second-order valence-corrected chi connectivity index (χ2v) is 4.98. The minimum atomic E-state index is -1.14. The van der Waals surface area contributed by atoms with Gasteiger partial charge in [0.05, 0.1) is 0 Å². The topological polar surface area (TPSA) is 97.5 Å². The van der Waals surface area contributed by atoms with Gasteiger partial charge in [-0.2, -0.15) is 0 Å². The van der Waals surface area contributed by atoms with Crippen LogP contribution in [0.15, 0.2) is 18.2 Å². The third-order valence-electron chi connectivity index (χ3n) is 3.49. The Morgan fingerprint density at radius 1 is 1.36 bits per heavy atom. The van der Waals surface area contributed by atoms with Crippen molar-refractivity contribution in [3.8, 4) is 5.75 Å². The van der Waals surface area contributed by atoms with E-state index in [1.807, 2.05) is 32.0 Å². The average Bonchev–Trinajstić information content (AvgIpc) is 2.89. The summed E-state index contributed by atoms with van der Waals surface area (Å²) in [5.74, 6) is -0.443. The fraction of sp³-hybridized carbons (Fsp3) is 0.400. The number of aromatic carboxylic acids is 1. The monoisotopic (exact) mass is 305 g/mol. The number of carbonyl (C=O) groups is 1. The Morgan fingerprint density at radius 3 is 2.82 bits per heavy atom. The molecule has 0 amide bonds. The van der Waals surface area contributed by atoms with Gasteiger partial charge in [0.25, 0.3) is 0 Å². The molecule has 118 valence electrons. The first-order valence-corrected chi connectivity index (χ1v) is 7.00. The van der Waals surface area contributed by atoms with Gasteiger partial charge in [-0.1, -0.05) is 17.3 Å². The first-order chi connectivity index (χ1) is 10.5. The van der Waals surface area contributed by atoms with E-state index in [1.165, 1.54) is 4.68 Å². The Bertz CT molecular complexity index is 667. The number of benzene rings is 1. The molecule has 0 fully saturated rings. The average molecular weight is 305 g/mol. The molecule has 1 aromatic carbocycles. The number of hydrogen-bond donors (Lipinski definition) is 2. The van der Waals surface area contributed by atoms with Crippen LogP contribution in [0.5, 0.6) is 5.75 Å². The molecule has 0 atom stereocenters. The summed E-state index contributed by atoms with van der Waals surface area (Å²) in [4.78, 5) is 11.2. The number of aliphatic hydroxyl groups excluding tert-OH is 1. The molecule has 2 rings (SSSR count). The zero-order valence-electron chi connectivity index (χ0n) is 12.6. The van der Waals surface area contributed by atoms with Crippen molar-refractivity contribution in [1.82, 2.24) is 15.0 Å². The van der Waals surface area contributed by atoms with E-state index in [1.54, 1.807) is 0 Å². The van der Waals surface area contributed by atoms with Crippen molar-refractivity contribution in [2.24, 2.45) is 0 Å². The van der Waals surface area contributed by atoms with E-state index in [0.29, 0.717) is 24.4 Å². The molecule has 7 nitrogen and oxygen atoms in total. The van der Waals surface area contributed by atoms with Crippen LogP contribution in [0.3, 0.4) is 0 Å². The highest BCUT2D eigenvalue weighted by molar-refractivity contribution is 5.86. The molecule has 1 heterocycles. The van der Waals surface area contributed by atoms with Gasteiger partial charge in [0.1, 0.15) is 18.1 Å². The van der Waals surface area contributed by atoms with Crippen LogP contribution in [0.1, 0.15) is 33.7 Å². The van der Waals surface area contributed by atoms with Crippen molar-refractivity contribution < 1.29 is 19.7 Å². The molecule has 7 heteroatoms. The Morgan fingerprint density at radius 2 is 2.14 bits per heavy atom. The van der Waals surface area contributed by atoms with Crippen LogP contribution in [-0.2, 0) is 13.2 Å². The molecular formula is C15H19N3O4. The third kappa shape index (κ3) is 3.43. The first kappa shape index (κ1) is 16.0. The maximum atomic E-state index is 11.2. The summed E-state index contributed by atoms with van der Waals surface area (Å²) in [5.41, 5.74) is 2.38. The minimum Gasteiger partial charge on any atom is -0.487 e. The largest absolute Gasteiger partial charge is 0.487 e. The lowest BCUT2D eigenvalue weighted by molar-refractivity contribution is 0.0687. The molecule has 0 saturated heterocycles. The second kappa shape index (κ2) is 7.04. The molecule has 0 aliphatic heterocycles. The Kier molecular flexibility index (Phi) is 5.11. The number of ether oxygens (including phenoxy) is 1. The Balaban J connectivity index is 2.22. The molecule has 0 radical (unpaired) electrons. The van der Waals surface area contributed by atoms with E-state index in [-0.39, 0.29) is 18.9 Å². The number of aromatic nitrogens is 3. The van der Waals surface area contributed by atoms with Crippen LogP contribution in [0.2, 0.25) is 0 Å².